The topological polar surface area (TPSA) is 0 Å². The van der Waals surface area contributed by atoms with Gasteiger partial charge in [-0.1, -0.05) is 79.9 Å². The van der Waals surface area contributed by atoms with Crippen LogP contribution in [-0.2, 0) is 0 Å². The molecule has 102 valence electrons. The molecule has 0 saturated carbocycles. The second-order valence-electron chi connectivity index (χ2n) is 6.59. The molecule has 0 heterocycles. The van der Waals surface area contributed by atoms with Gasteiger partial charge in [0, 0.05) is 0 Å². The molecule has 0 aliphatic rings. The van der Waals surface area contributed by atoms with Crippen LogP contribution in [0.25, 0.3) is 0 Å². The fraction of sp³-hybridized carbons (Fsp3) is 0.882. The molecule has 0 rings (SSSR count). The third kappa shape index (κ3) is 5.75. The van der Waals surface area contributed by atoms with Gasteiger partial charge < -0.3 is 0 Å². The van der Waals surface area contributed by atoms with Crippen molar-refractivity contribution >= 4 is 0 Å². The Morgan fingerprint density at radius 1 is 1.00 bits per heavy atom. The Bertz CT molecular complexity index is 224. The van der Waals surface area contributed by atoms with E-state index in [0.29, 0.717) is 10.8 Å². The van der Waals surface area contributed by atoms with E-state index in [0.717, 1.165) is 5.92 Å². The Hall–Kier alpha value is -0.260. The molecule has 0 nitrogen and oxygen atoms in total. The molecular formula is C17H34. The summed E-state index contributed by atoms with van der Waals surface area (Å²) in [5, 5.41) is 0. The van der Waals surface area contributed by atoms with Crippen LogP contribution in [0.5, 0.6) is 0 Å². The molecule has 0 heteroatoms. The predicted molar refractivity (Wildman–Crippen MR) is 80.3 cm³/mol. The van der Waals surface area contributed by atoms with E-state index in [4.69, 9.17) is 0 Å². The summed E-state index contributed by atoms with van der Waals surface area (Å²) < 4.78 is 0. The Kier molecular flexibility index (Phi) is 7.13. The molecule has 0 N–H and O–H groups in total. The minimum absolute atomic E-state index is 0.361. The second-order valence-corrected chi connectivity index (χ2v) is 6.59. The maximum Gasteiger partial charge on any atom is -0.0123 e. The first-order valence-corrected chi connectivity index (χ1v) is 7.51. The molecule has 0 amide bonds. The largest absolute Gasteiger partial charge is 0.0823 e. The first kappa shape index (κ1) is 16.7. The number of hydrogen-bond acceptors (Lipinski definition) is 0. The van der Waals surface area contributed by atoms with Crippen LogP contribution in [0.2, 0.25) is 0 Å². The zero-order valence-electron chi connectivity index (χ0n) is 13.3. The molecule has 17 heavy (non-hydrogen) atoms. The molecule has 2 atom stereocenters. The third-order valence-corrected chi connectivity index (χ3v) is 4.59. The van der Waals surface area contributed by atoms with Crippen molar-refractivity contribution in [1.29, 1.82) is 0 Å². The summed E-state index contributed by atoms with van der Waals surface area (Å²) in [7, 11) is 0. The van der Waals surface area contributed by atoms with Crippen LogP contribution in [0, 0.1) is 16.7 Å². The molecule has 0 fully saturated rings. The van der Waals surface area contributed by atoms with Crippen LogP contribution in [-0.4, -0.2) is 0 Å². The first-order valence-electron chi connectivity index (χ1n) is 7.51. The van der Waals surface area contributed by atoms with Gasteiger partial charge in [-0.15, -0.1) is 0 Å². The maximum atomic E-state index is 2.50. The normalized spacial score (nSPS) is 18.3. The van der Waals surface area contributed by atoms with Crippen molar-refractivity contribution in [2.45, 2.75) is 80.6 Å². The van der Waals surface area contributed by atoms with Gasteiger partial charge in [0.1, 0.15) is 0 Å². The summed E-state index contributed by atoms with van der Waals surface area (Å²) in [5.41, 5.74) is 0.734. The molecule has 0 radical (unpaired) electrons. The smallest absolute Gasteiger partial charge is 0.0123 e. The quantitative estimate of drug-likeness (QED) is 0.440. The second kappa shape index (κ2) is 7.24. The molecule has 0 aromatic heterocycles. The lowest BCUT2D eigenvalue weighted by molar-refractivity contribution is 0.254. The summed E-state index contributed by atoms with van der Waals surface area (Å²) in [5.74, 6) is 0.769. The van der Waals surface area contributed by atoms with E-state index in [1.54, 1.807) is 0 Å². The van der Waals surface area contributed by atoms with Gasteiger partial charge in [-0.3, -0.25) is 0 Å². The van der Waals surface area contributed by atoms with Crippen molar-refractivity contribution in [3.8, 4) is 0 Å². The average molecular weight is 238 g/mol. The van der Waals surface area contributed by atoms with Crippen LogP contribution in [0.4, 0.5) is 0 Å². The molecule has 0 saturated heterocycles. The van der Waals surface area contributed by atoms with Crippen LogP contribution in [0.1, 0.15) is 80.6 Å². The van der Waals surface area contributed by atoms with Gasteiger partial charge in [-0.05, 0) is 29.6 Å². The van der Waals surface area contributed by atoms with Crippen molar-refractivity contribution in [2.75, 3.05) is 0 Å². The van der Waals surface area contributed by atoms with E-state index in [-0.39, 0.29) is 0 Å². The van der Waals surface area contributed by atoms with Gasteiger partial charge in [0.15, 0.2) is 0 Å². The van der Waals surface area contributed by atoms with E-state index in [2.05, 4.69) is 60.6 Å². The minimum atomic E-state index is 0.361. The highest BCUT2D eigenvalue weighted by Crippen LogP contribution is 2.37. The molecule has 0 spiro atoms. The fourth-order valence-corrected chi connectivity index (χ4v) is 2.23. The Morgan fingerprint density at radius 2 is 1.59 bits per heavy atom. The summed E-state index contributed by atoms with van der Waals surface area (Å²) in [6.07, 6.45) is 11.4. The molecule has 0 aliphatic heterocycles. The Balaban J connectivity index is 4.65. The van der Waals surface area contributed by atoms with Crippen molar-refractivity contribution < 1.29 is 0 Å². The molecule has 0 aromatic rings. The molecule has 0 aromatic carbocycles. The highest BCUT2D eigenvalue weighted by Gasteiger charge is 2.26. The third-order valence-electron chi connectivity index (χ3n) is 4.59. The number of unbranched alkanes of at least 4 members (excludes halogenated alkanes) is 1. The summed E-state index contributed by atoms with van der Waals surface area (Å²) in [6.45, 7) is 16.4. The SMILES string of the molecule is CCCCC(C)(C)C=CC(C)(CC)C(C)CC. The zero-order chi connectivity index (χ0) is 13.5. The van der Waals surface area contributed by atoms with Crippen molar-refractivity contribution in [3.63, 3.8) is 0 Å². The molecular weight excluding hydrogens is 204 g/mol. The summed E-state index contributed by atoms with van der Waals surface area (Å²) >= 11 is 0. The van der Waals surface area contributed by atoms with E-state index in [1.807, 2.05) is 0 Å². The monoisotopic (exact) mass is 238 g/mol. The van der Waals surface area contributed by atoms with Crippen LogP contribution in [0.15, 0.2) is 12.2 Å². The zero-order valence-corrected chi connectivity index (χ0v) is 13.3. The summed E-state index contributed by atoms with van der Waals surface area (Å²) in [4.78, 5) is 0. The van der Waals surface area contributed by atoms with Gasteiger partial charge in [-0.25, -0.2) is 0 Å². The highest BCUT2D eigenvalue weighted by molar-refractivity contribution is 5.04. The van der Waals surface area contributed by atoms with Crippen LogP contribution in [0.3, 0.4) is 0 Å². The lowest BCUT2D eigenvalue weighted by atomic mass is 9.72. The van der Waals surface area contributed by atoms with Crippen molar-refractivity contribution in [1.82, 2.24) is 0 Å². The van der Waals surface area contributed by atoms with Gasteiger partial charge in [0.2, 0.25) is 0 Å². The lowest BCUT2D eigenvalue weighted by Gasteiger charge is -2.33. The van der Waals surface area contributed by atoms with Gasteiger partial charge >= 0.3 is 0 Å². The maximum absolute atomic E-state index is 2.50. The van der Waals surface area contributed by atoms with E-state index in [9.17, 15) is 0 Å². The van der Waals surface area contributed by atoms with Crippen LogP contribution >= 0.6 is 0 Å². The van der Waals surface area contributed by atoms with E-state index >= 15 is 0 Å². The number of allylic oxidation sites excluding steroid dienone is 2. The Morgan fingerprint density at radius 3 is 2.00 bits per heavy atom. The van der Waals surface area contributed by atoms with E-state index in [1.165, 1.54) is 32.1 Å². The van der Waals surface area contributed by atoms with Gasteiger partial charge in [-0.2, -0.15) is 0 Å². The summed E-state index contributed by atoms with van der Waals surface area (Å²) in [6, 6.07) is 0. The number of hydrogen-bond donors (Lipinski definition) is 0. The first-order chi connectivity index (χ1) is 7.81. The molecule has 0 bridgehead atoms. The predicted octanol–water partition coefficient (Wildman–Crippen LogP) is 6.22. The highest BCUT2D eigenvalue weighted by atomic mass is 14.3. The lowest BCUT2D eigenvalue weighted by Crippen LogP contribution is -2.22. The van der Waals surface area contributed by atoms with E-state index < -0.39 is 0 Å². The van der Waals surface area contributed by atoms with Gasteiger partial charge in [0.25, 0.3) is 0 Å². The molecule has 0 aliphatic carbocycles. The van der Waals surface area contributed by atoms with Gasteiger partial charge in [0.05, 0.1) is 0 Å². The van der Waals surface area contributed by atoms with Crippen molar-refractivity contribution in [3.05, 3.63) is 12.2 Å². The molecule has 2 unspecified atom stereocenters. The fourth-order valence-electron chi connectivity index (χ4n) is 2.23. The van der Waals surface area contributed by atoms with Crippen LogP contribution < -0.4 is 0 Å². The van der Waals surface area contributed by atoms with Crippen molar-refractivity contribution in [2.24, 2.45) is 16.7 Å². The number of rotatable bonds is 8. The minimum Gasteiger partial charge on any atom is -0.0823 e. The Labute approximate surface area is 110 Å². The average Bonchev–Trinajstić information content (AvgIpc) is 2.32. The standard InChI is InChI=1S/C17H34/c1-8-11-12-16(5,6)13-14-17(7,10-3)15(4)9-2/h13-15H,8-12H2,1-7H3.